The van der Waals surface area contributed by atoms with Crippen LogP contribution in [0.25, 0.3) is 0 Å². The first-order valence-electron chi connectivity index (χ1n) is 9.33. The average molecular weight is 430 g/mol. The molecule has 1 N–H and O–H groups in total. The number of nitro benzene ring substituents is 1. The van der Waals surface area contributed by atoms with Gasteiger partial charge in [0.2, 0.25) is 15.9 Å². The van der Waals surface area contributed by atoms with E-state index in [0.717, 1.165) is 22.4 Å². The van der Waals surface area contributed by atoms with Gasteiger partial charge in [-0.05, 0) is 25.8 Å². The monoisotopic (exact) mass is 429 g/mol. The number of non-ortho nitro benzene ring substituents is 1. The Labute approximate surface area is 170 Å². The number of carbonyl (C=O) groups is 1. The molecule has 0 spiro atoms. The van der Waals surface area contributed by atoms with E-state index in [4.69, 9.17) is 0 Å². The maximum Gasteiger partial charge on any atom is 0.271 e. The molecule has 1 atom stereocenters. The molecule has 0 saturated heterocycles. The molecule has 0 bridgehead atoms. The third-order valence-electron chi connectivity index (χ3n) is 4.69. The van der Waals surface area contributed by atoms with Crippen molar-refractivity contribution in [1.29, 1.82) is 0 Å². The van der Waals surface area contributed by atoms with Crippen LogP contribution in [0, 0.1) is 10.1 Å². The van der Waals surface area contributed by atoms with E-state index < -0.39 is 26.9 Å². The number of benzene rings is 1. The summed E-state index contributed by atoms with van der Waals surface area (Å²) in [5, 5.41) is 14.4. The van der Waals surface area contributed by atoms with Gasteiger partial charge in [-0.15, -0.1) is 0 Å². The second kappa shape index (κ2) is 10.1. The molecule has 1 amide bonds. The number of amides is 1. The summed E-state index contributed by atoms with van der Waals surface area (Å²) in [5.74, 6) is 0.347. The normalized spacial score (nSPS) is 16.4. The lowest BCUT2D eigenvalue weighted by Crippen LogP contribution is -2.48. The van der Waals surface area contributed by atoms with Crippen LogP contribution in [0.4, 0.5) is 11.4 Å². The minimum atomic E-state index is -3.81. The molecule has 8 nitrogen and oxygen atoms in total. The summed E-state index contributed by atoms with van der Waals surface area (Å²) in [7, 11) is -3.81. The van der Waals surface area contributed by atoms with Crippen molar-refractivity contribution < 1.29 is 18.1 Å². The molecule has 156 valence electrons. The van der Waals surface area contributed by atoms with Gasteiger partial charge in [-0.1, -0.05) is 25.3 Å². The van der Waals surface area contributed by atoms with E-state index in [1.165, 1.54) is 57.2 Å². The largest absolute Gasteiger partial charge is 0.353 e. The van der Waals surface area contributed by atoms with Crippen molar-refractivity contribution in [2.24, 2.45) is 0 Å². The van der Waals surface area contributed by atoms with Crippen molar-refractivity contribution in [1.82, 2.24) is 5.32 Å². The number of hydrogen-bond donors (Lipinski definition) is 1. The molecule has 28 heavy (non-hydrogen) atoms. The number of nitro groups is 1. The molecule has 1 saturated carbocycles. The minimum Gasteiger partial charge on any atom is -0.353 e. The van der Waals surface area contributed by atoms with Crippen LogP contribution in [0.5, 0.6) is 0 Å². The highest BCUT2D eigenvalue weighted by atomic mass is 32.2. The van der Waals surface area contributed by atoms with Gasteiger partial charge >= 0.3 is 0 Å². The molecular formula is C18H27N3O5S2. The Hall–Kier alpha value is -1.81. The van der Waals surface area contributed by atoms with Gasteiger partial charge in [-0.2, -0.15) is 11.8 Å². The van der Waals surface area contributed by atoms with Crippen molar-refractivity contribution in [2.75, 3.05) is 22.9 Å². The zero-order valence-electron chi connectivity index (χ0n) is 16.2. The highest BCUT2D eigenvalue weighted by Gasteiger charge is 2.30. The van der Waals surface area contributed by atoms with Crippen LogP contribution in [-0.4, -0.2) is 49.1 Å². The molecule has 1 fully saturated rings. The van der Waals surface area contributed by atoms with Crippen molar-refractivity contribution in [3.05, 3.63) is 34.4 Å². The van der Waals surface area contributed by atoms with Crippen molar-refractivity contribution in [3.8, 4) is 0 Å². The van der Waals surface area contributed by atoms with Gasteiger partial charge in [0, 0.05) is 29.7 Å². The molecule has 0 unspecified atom stereocenters. The predicted octanol–water partition coefficient (Wildman–Crippen LogP) is 2.93. The van der Waals surface area contributed by atoms with E-state index in [1.54, 1.807) is 0 Å². The van der Waals surface area contributed by atoms with E-state index >= 15 is 0 Å². The summed E-state index contributed by atoms with van der Waals surface area (Å²) < 4.78 is 25.5. The van der Waals surface area contributed by atoms with Gasteiger partial charge in [0.1, 0.15) is 6.04 Å². The van der Waals surface area contributed by atoms with Crippen molar-refractivity contribution >= 4 is 39.1 Å². The second-order valence-corrected chi connectivity index (χ2v) is 10.2. The van der Waals surface area contributed by atoms with Crippen LogP contribution >= 0.6 is 11.8 Å². The lowest BCUT2D eigenvalue weighted by Gasteiger charge is -2.28. The lowest BCUT2D eigenvalue weighted by molar-refractivity contribution is -0.384. The van der Waals surface area contributed by atoms with Gasteiger partial charge in [0.25, 0.3) is 5.69 Å². The number of rotatable bonds is 9. The average Bonchev–Trinajstić information content (AvgIpc) is 2.65. The summed E-state index contributed by atoms with van der Waals surface area (Å²) in [6, 6.07) is 4.26. The first-order valence-corrected chi connectivity index (χ1v) is 12.2. The molecule has 1 aliphatic carbocycles. The number of nitrogens with one attached hydrogen (secondary N) is 1. The third kappa shape index (κ3) is 6.37. The second-order valence-electron chi connectivity index (χ2n) is 6.93. The van der Waals surface area contributed by atoms with Crippen molar-refractivity contribution in [2.45, 2.75) is 50.3 Å². The maximum atomic E-state index is 12.5. The topological polar surface area (TPSA) is 110 Å². The Kier molecular flexibility index (Phi) is 8.11. The quantitative estimate of drug-likeness (QED) is 0.367. The fourth-order valence-electron chi connectivity index (χ4n) is 3.33. The van der Waals surface area contributed by atoms with Crippen LogP contribution in [0.2, 0.25) is 0 Å². The smallest absolute Gasteiger partial charge is 0.271 e. The zero-order valence-corrected chi connectivity index (χ0v) is 17.8. The molecule has 1 aromatic rings. The minimum absolute atomic E-state index is 0.0935. The van der Waals surface area contributed by atoms with Crippen LogP contribution < -0.4 is 9.62 Å². The molecule has 0 aromatic heterocycles. The molecule has 1 aliphatic rings. The molecule has 10 heteroatoms. The van der Waals surface area contributed by atoms with Crippen LogP contribution in [0.15, 0.2) is 24.3 Å². The fraction of sp³-hybridized carbons (Fsp3) is 0.611. The SMILES string of the molecule is C[C@@H](C(=O)NCCSC1CCCCC1)N(c1cccc([N+](=O)[O-])c1)S(C)(=O)=O. The molecule has 0 aliphatic heterocycles. The molecule has 0 radical (unpaired) electrons. The summed E-state index contributed by atoms with van der Waals surface area (Å²) in [5.41, 5.74) is -0.140. The van der Waals surface area contributed by atoms with E-state index in [9.17, 15) is 23.3 Å². The van der Waals surface area contributed by atoms with E-state index in [2.05, 4.69) is 5.32 Å². The molecular weight excluding hydrogens is 402 g/mol. The van der Waals surface area contributed by atoms with Crippen LogP contribution in [0.1, 0.15) is 39.0 Å². The highest BCUT2D eigenvalue weighted by molar-refractivity contribution is 7.99. The number of nitrogens with zero attached hydrogens (tertiary/aromatic N) is 2. The third-order valence-corrected chi connectivity index (χ3v) is 7.31. The number of sulfonamides is 1. The van der Waals surface area contributed by atoms with E-state index in [-0.39, 0.29) is 11.4 Å². The molecule has 0 heterocycles. The zero-order chi connectivity index (χ0) is 20.7. The van der Waals surface area contributed by atoms with Gasteiger partial charge in [0.05, 0.1) is 16.9 Å². The first kappa shape index (κ1) is 22.5. The lowest BCUT2D eigenvalue weighted by atomic mass is 10.0. The molecule has 1 aromatic carbocycles. The first-order chi connectivity index (χ1) is 13.2. The van der Waals surface area contributed by atoms with Gasteiger partial charge in [-0.3, -0.25) is 19.2 Å². The molecule has 2 rings (SSSR count). The maximum absolute atomic E-state index is 12.5. The Morgan fingerprint density at radius 3 is 2.64 bits per heavy atom. The summed E-state index contributed by atoms with van der Waals surface area (Å²) in [6.45, 7) is 1.93. The van der Waals surface area contributed by atoms with E-state index in [0.29, 0.717) is 11.8 Å². The number of carbonyl (C=O) groups excluding carboxylic acids is 1. The Morgan fingerprint density at radius 1 is 1.36 bits per heavy atom. The summed E-state index contributed by atoms with van der Waals surface area (Å²) in [4.78, 5) is 22.9. The number of thioether (sulfide) groups is 1. The van der Waals surface area contributed by atoms with Gasteiger partial charge in [-0.25, -0.2) is 8.42 Å². The predicted molar refractivity (Wildman–Crippen MR) is 112 cm³/mol. The fourth-order valence-corrected chi connectivity index (χ4v) is 5.72. The Morgan fingerprint density at radius 2 is 2.04 bits per heavy atom. The van der Waals surface area contributed by atoms with Crippen LogP contribution in [0.3, 0.4) is 0 Å². The Bertz CT molecular complexity index is 794. The highest BCUT2D eigenvalue weighted by Crippen LogP contribution is 2.28. The van der Waals surface area contributed by atoms with Gasteiger partial charge in [0.15, 0.2) is 0 Å². The van der Waals surface area contributed by atoms with E-state index in [1.807, 2.05) is 11.8 Å². The van der Waals surface area contributed by atoms with Gasteiger partial charge < -0.3 is 5.32 Å². The van der Waals surface area contributed by atoms with Crippen molar-refractivity contribution in [3.63, 3.8) is 0 Å². The Balaban J connectivity index is 2.00. The number of anilines is 1. The summed E-state index contributed by atoms with van der Waals surface area (Å²) >= 11 is 1.85. The number of hydrogen-bond acceptors (Lipinski definition) is 6. The standard InChI is InChI=1S/C18H27N3O5S2/c1-14(18(22)19-11-12-27-17-9-4-3-5-10-17)20(28(2,25)26)15-7-6-8-16(13-15)21(23)24/h6-8,13-14,17H,3-5,9-12H2,1-2H3,(H,19,22)/t14-/m0/s1. The van der Waals surface area contributed by atoms with Crippen LogP contribution in [-0.2, 0) is 14.8 Å². The summed E-state index contributed by atoms with van der Waals surface area (Å²) in [6.07, 6.45) is 7.22.